The molecule has 0 unspecified atom stereocenters. The van der Waals surface area contributed by atoms with Crippen LogP contribution in [0.15, 0.2) is 67.3 Å². The van der Waals surface area contributed by atoms with E-state index in [2.05, 4.69) is 6.58 Å². The molecule has 0 heterocycles. The molecule has 19 heavy (non-hydrogen) atoms. The first kappa shape index (κ1) is 13.4. The minimum absolute atomic E-state index is 0.485. The highest BCUT2D eigenvalue weighted by atomic mass is 16.5. The maximum Gasteiger partial charge on any atom is 0.119 e. The van der Waals surface area contributed by atoms with Gasteiger partial charge < -0.3 is 9.84 Å². The zero-order valence-corrected chi connectivity index (χ0v) is 10.8. The number of rotatable bonds is 6. The van der Waals surface area contributed by atoms with Crippen LogP contribution in [0.4, 0.5) is 0 Å². The molecule has 0 bridgehead atoms. The van der Waals surface area contributed by atoms with Crippen LogP contribution in [0.2, 0.25) is 0 Å². The summed E-state index contributed by atoms with van der Waals surface area (Å²) < 4.78 is 5.68. The summed E-state index contributed by atoms with van der Waals surface area (Å²) >= 11 is 0. The lowest BCUT2D eigenvalue weighted by atomic mass is 10.1. The zero-order chi connectivity index (χ0) is 13.5. The fraction of sp³-hybridized carbons (Fsp3) is 0.176. The third-order valence-electron chi connectivity index (χ3n) is 2.90. The largest absolute Gasteiger partial charge is 0.489 e. The molecular weight excluding hydrogens is 236 g/mol. The molecule has 0 saturated heterocycles. The first-order valence-electron chi connectivity index (χ1n) is 6.35. The molecule has 0 aliphatic carbocycles. The van der Waals surface area contributed by atoms with E-state index >= 15 is 0 Å². The van der Waals surface area contributed by atoms with Crippen LogP contribution in [0.25, 0.3) is 0 Å². The Balaban J connectivity index is 1.93. The molecule has 98 valence electrons. The van der Waals surface area contributed by atoms with Gasteiger partial charge in [-0.15, -0.1) is 6.58 Å². The molecule has 0 aliphatic rings. The van der Waals surface area contributed by atoms with Crippen molar-refractivity contribution in [2.75, 3.05) is 0 Å². The maximum absolute atomic E-state index is 9.81. The quantitative estimate of drug-likeness (QED) is 0.793. The van der Waals surface area contributed by atoms with E-state index in [1.165, 1.54) is 0 Å². The summed E-state index contributed by atoms with van der Waals surface area (Å²) in [5.74, 6) is 0.804. The first-order chi connectivity index (χ1) is 9.29. The van der Waals surface area contributed by atoms with E-state index in [1.54, 1.807) is 6.08 Å². The van der Waals surface area contributed by atoms with Crippen molar-refractivity contribution in [1.29, 1.82) is 0 Å². The lowest BCUT2D eigenvalue weighted by Gasteiger charge is -2.10. The van der Waals surface area contributed by atoms with Gasteiger partial charge in [0, 0.05) is 0 Å². The second-order valence-corrected chi connectivity index (χ2v) is 4.38. The molecular formula is C17H18O2. The Bertz CT molecular complexity index is 503. The van der Waals surface area contributed by atoms with Crippen molar-refractivity contribution >= 4 is 0 Å². The molecule has 2 nitrogen and oxygen atoms in total. The van der Waals surface area contributed by atoms with Gasteiger partial charge in [0.2, 0.25) is 0 Å². The zero-order valence-electron chi connectivity index (χ0n) is 10.8. The smallest absolute Gasteiger partial charge is 0.119 e. The number of aliphatic hydroxyl groups is 1. The fourth-order valence-corrected chi connectivity index (χ4v) is 1.82. The van der Waals surface area contributed by atoms with Gasteiger partial charge in [0.25, 0.3) is 0 Å². The van der Waals surface area contributed by atoms with Gasteiger partial charge in [-0.1, -0.05) is 48.5 Å². The Morgan fingerprint density at radius 3 is 2.37 bits per heavy atom. The topological polar surface area (TPSA) is 29.5 Å². The fourth-order valence-electron chi connectivity index (χ4n) is 1.82. The van der Waals surface area contributed by atoms with Crippen LogP contribution in [0.1, 0.15) is 23.7 Å². The summed E-state index contributed by atoms with van der Waals surface area (Å²) in [5.41, 5.74) is 2.02. The van der Waals surface area contributed by atoms with Crippen molar-refractivity contribution in [2.24, 2.45) is 0 Å². The minimum Gasteiger partial charge on any atom is -0.489 e. The van der Waals surface area contributed by atoms with Gasteiger partial charge in [0.15, 0.2) is 0 Å². The third kappa shape index (κ3) is 3.97. The molecule has 1 N–H and O–H groups in total. The predicted octanol–water partition coefficient (Wildman–Crippen LogP) is 3.88. The Morgan fingerprint density at radius 1 is 1.05 bits per heavy atom. The molecule has 0 fully saturated rings. The van der Waals surface area contributed by atoms with Crippen molar-refractivity contribution in [2.45, 2.75) is 19.1 Å². The van der Waals surface area contributed by atoms with Gasteiger partial charge in [-0.05, 0) is 29.7 Å². The van der Waals surface area contributed by atoms with Crippen LogP contribution in [0.3, 0.4) is 0 Å². The standard InChI is InChI=1S/C17H18O2/c1-2-6-17(18)15-9-11-16(12-10-15)19-13-14-7-4-3-5-8-14/h2-5,7-12,17-18H,1,6,13H2/t17-/m1/s1. The lowest BCUT2D eigenvalue weighted by Crippen LogP contribution is -1.97. The van der Waals surface area contributed by atoms with E-state index in [9.17, 15) is 5.11 Å². The van der Waals surface area contributed by atoms with Crippen LogP contribution >= 0.6 is 0 Å². The van der Waals surface area contributed by atoms with E-state index in [-0.39, 0.29) is 0 Å². The summed E-state index contributed by atoms with van der Waals surface area (Å²) in [5, 5.41) is 9.81. The first-order valence-corrected chi connectivity index (χ1v) is 6.35. The molecule has 1 atom stereocenters. The highest BCUT2D eigenvalue weighted by Gasteiger charge is 2.05. The Morgan fingerprint density at radius 2 is 1.74 bits per heavy atom. The van der Waals surface area contributed by atoms with Crippen LogP contribution in [-0.4, -0.2) is 5.11 Å². The molecule has 2 heteroatoms. The van der Waals surface area contributed by atoms with Crippen molar-refractivity contribution < 1.29 is 9.84 Å². The Labute approximate surface area is 114 Å². The van der Waals surface area contributed by atoms with Gasteiger partial charge in [-0.2, -0.15) is 0 Å². The highest BCUT2D eigenvalue weighted by Crippen LogP contribution is 2.20. The van der Waals surface area contributed by atoms with Crippen molar-refractivity contribution in [3.63, 3.8) is 0 Å². The second-order valence-electron chi connectivity index (χ2n) is 4.38. The number of hydrogen-bond donors (Lipinski definition) is 1. The third-order valence-corrected chi connectivity index (χ3v) is 2.90. The molecule has 0 amide bonds. The van der Waals surface area contributed by atoms with Crippen molar-refractivity contribution in [3.8, 4) is 5.75 Å². The number of hydrogen-bond acceptors (Lipinski definition) is 2. The summed E-state index contributed by atoms with van der Waals surface area (Å²) in [6, 6.07) is 17.6. The molecule has 2 rings (SSSR count). The SMILES string of the molecule is C=CC[C@@H](O)c1ccc(OCc2ccccc2)cc1. The number of benzene rings is 2. The van der Waals surface area contributed by atoms with Crippen LogP contribution in [-0.2, 0) is 6.61 Å². The van der Waals surface area contributed by atoms with E-state index in [0.29, 0.717) is 13.0 Å². The summed E-state index contributed by atoms with van der Waals surface area (Å²) in [4.78, 5) is 0. The second kappa shape index (κ2) is 6.76. The van der Waals surface area contributed by atoms with Crippen molar-refractivity contribution in [1.82, 2.24) is 0 Å². The van der Waals surface area contributed by atoms with Crippen LogP contribution in [0.5, 0.6) is 5.75 Å². The van der Waals surface area contributed by atoms with E-state index in [4.69, 9.17) is 4.74 Å². The molecule has 2 aromatic rings. The summed E-state index contributed by atoms with van der Waals surface area (Å²) in [6.07, 6.45) is 1.79. The monoisotopic (exact) mass is 254 g/mol. The summed E-state index contributed by atoms with van der Waals surface area (Å²) in [7, 11) is 0. The average molecular weight is 254 g/mol. The average Bonchev–Trinajstić information content (AvgIpc) is 2.47. The van der Waals surface area contributed by atoms with Crippen LogP contribution in [0, 0.1) is 0 Å². The normalized spacial score (nSPS) is 11.8. The predicted molar refractivity (Wildman–Crippen MR) is 77.0 cm³/mol. The minimum atomic E-state index is -0.485. The van der Waals surface area contributed by atoms with E-state index in [1.807, 2.05) is 54.6 Å². The van der Waals surface area contributed by atoms with Gasteiger partial charge in [0.1, 0.15) is 12.4 Å². The Kier molecular flexibility index (Phi) is 4.76. The van der Waals surface area contributed by atoms with Gasteiger partial charge >= 0.3 is 0 Å². The highest BCUT2D eigenvalue weighted by molar-refractivity contribution is 5.29. The molecule has 2 aromatic carbocycles. The molecule has 0 spiro atoms. The van der Waals surface area contributed by atoms with Gasteiger partial charge in [-0.25, -0.2) is 0 Å². The van der Waals surface area contributed by atoms with Crippen molar-refractivity contribution in [3.05, 3.63) is 78.4 Å². The van der Waals surface area contributed by atoms with E-state index < -0.39 is 6.10 Å². The maximum atomic E-state index is 9.81. The molecule has 0 aliphatic heterocycles. The number of ether oxygens (including phenoxy) is 1. The molecule has 0 aromatic heterocycles. The van der Waals surface area contributed by atoms with Gasteiger partial charge in [-0.3, -0.25) is 0 Å². The lowest BCUT2D eigenvalue weighted by molar-refractivity contribution is 0.181. The Hall–Kier alpha value is -2.06. The number of aliphatic hydroxyl groups excluding tert-OH is 1. The van der Waals surface area contributed by atoms with E-state index in [0.717, 1.165) is 16.9 Å². The molecule has 0 radical (unpaired) electrons. The summed E-state index contributed by atoms with van der Waals surface area (Å²) in [6.45, 7) is 4.17. The van der Waals surface area contributed by atoms with Gasteiger partial charge in [0.05, 0.1) is 6.10 Å². The molecule has 0 saturated carbocycles. The van der Waals surface area contributed by atoms with Crippen LogP contribution < -0.4 is 4.74 Å².